The van der Waals surface area contributed by atoms with Crippen molar-refractivity contribution in [2.24, 2.45) is 0 Å². The van der Waals surface area contributed by atoms with Crippen molar-refractivity contribution in [3.63, 3.8) is 0 Å². The third-order valence-electron chi connectivity index (χ3n) is 6.24. The van der Waals surface area contributed by atoms with E-state index in [4.69, 9.17) is 11.6 Å². The Morgan fingerprint density at radius 3 is 2.68 bits per heavy atom. The molecule has 2 atom stereocenters. The maximum Gasteiger partial charge on any atom is 0.422 e. The number of nitrogens with zero attached hydrogens (tertiary/aromatic N) is 3. The van der Waals surface area contributed by atoms with Crippen molar-refractivity contribution >= 4 is 23.3 Å². The van der Waals surface area contributed by atoms with Crippen molar-refractivity contribution in [1.82, 2.24) is 20.1 Å². The number of pyridine rings is 1. The average Bonchev–Trinajstić information content (AvgIpc) is 2.87. The second-order valence-corrected chi connectivity index (χ2v) is 9.18. The maximum absolute atomic E-state index is 15.2. The number of aromatic amines is 1. The van der Waals surface area contributed by atoms with E-state index in [0.29, 0.717) is 25.0 Å². The smallest absolute Gasteiger partial charge is 0.422 e. The number of H-pyrrole nitrogens is 1. The summed E-state index contributed by atoms with van der Waals surface area (Å²) in [7, 11) is 0. The van der Waals surface area contributed by atoms with Gasteiger partial charge in [-0.15, -0.1) is 0 Å². The topological polar surface area (TPSA) is 100 Å². The number of carbonyl (C=O) groups excluding carboxylic acids is 1. The molecule has 0 radical (unpaired) electrons. The van der Waals surface area contributed by atoms with E-state index in [1.807, 2.05) is 13.8 Å². The molecule has 2 aromatic heterocycles. The molecular weight excluding hydrogens is 530 g/mol. The van der Waals surface area contributed by atoms with Crippen molar-refractivity contribution in [1.29, 1.82) is 0 Å². The zero-order valence-electron chi connectivity index (χ0n) is 20.4. The Balaban J connectivity index is 1.59. The molecule has 202 valence electrons. The molecule has 0 saturated carbocycles. The first-order valence-corrected chi connectivity index (χ1v) is 12.2. The van der Waals surface area contributed by atoms with E-state index in [1.165, 1.54) is 30.5 Å². The van der Waals surface area contributed by atoms with Gasteiger partial charge in [-0.2, -0.15) is 18.3 Å². The van der Waals surface area contributed by atoms with E-state index in [9.17, 15) is 22.8 Å². The van der Waals surface area contributed by atoms with Crippen LogP contribution < -0.4 is 15.6 Å². The molecule has 3 aromatic rings. The Morgan fingerprint density at radius 2 is 2.00 bits per heavy atom. The number of halogens is 5. The molecule has 4 rings (SSSR count). The highest BCUT2D eigenvalue weighted by Gasteiger charge is 2.37. The molecular formula is C25H24ClF4N5O3. The zero-order valence-corrected chi connectivity index (χ0v) is 21.2. The zero-order chi connectivity index (χ0) is 27.6. The minimum atomic E-state index is -4.54. The van der Waals surface area contributed by atoms with Crippen molar-refractivity contribution in [2.45, 2.75) is 51.4 Å². The van der Waals surface area contributed by atoms with Gasteiger partial charge in [-0.1, -0.05) is 25.4 Å². The van der Waals surface area contributed by atoms with Gasteiger partial charge >= 0.3 is 12.2 Å². The second kappa shape index (κ2) is 11.0. The summed E-state index contributed by atoms with van der Waals surface area (Å²) in [5.74, 6) is -1.10. The number of amides is 2. The van der Waals surface area contributed by atoms with Crippen LogP contribution in [0.15, 0.2) is 41.3 Å². The van der Waals surface area contributed by atoms with Crippen LogP contribution in [0.4, 0.5) is 28.0 Å². The van der Waals surface area contributed by atoms with Crippen LogP contribution in [0.25, 0.3) is 11.1 Å². The van der Waals surface area contributed by atoms with Gasteiger partial charge in [-0.25, -0.2) is 19.3 Å². The van der Waals surface area contributed by atoms with Gasteiger partial charge in [0.1, 0.15) is 5.82 Å². The molecule has 0 fully saturated rings. The van der Waals surface area contributed by atoms with Crippen molar-refractivity contribution in [3.8, 4) is 17.0 Å². The number of benzene rings is 1. The first-order chi connectivity index (χ1) is 18.0. The Morgan fingerprint density at radius 1 is 1.24 bits per heavy atom. The number of hydrogen-bond donors (Lipinski definition) is 2. The number of anilines is 1. The predicted octanol–water partition coefficient (Wildman–Crippen LogP) is 5.89. The largest absolute Gasteiger partial charge is 0.468 e. The third kappa shape index (κ3) is 5.90. The Kier molecular flexibility index (Phi) is 7.91. The van der Waals surface area contributed by atoms with Crippen LogP contribution in [-0.2, 0) is 6.42 Å². The minimum Gasteiger partial charge on any atom is -0.468 e. The third-order valence-corrected chi connectivity index (χ3v) is 6.55. The van der Waals surface area contributed by atoms with Crippen molar-refractivity contribution < 1.29 is 27.1 Å². The number of nitrogens with one attached hydrogen (secondary N) is 2. The van der Waals surface area contributed by atoms with Gasteiger partial charge in [0.25, 0.3) is 5.56 Å². The Bertz CT molecular complexity index is 1400. The lowest BCUT2D eigenvalue weighted by atomic mass is 9.90. The monoisotopic (exact) mass is 553 g/mol. The van der Waals surface area contributed by atoms with Crippen LogP contribution in [0.3, 0.4) is 0 Å². The number of fused-ring (bicyclic) bond motifs is 1. The summed E-state index contributed by atoms with van der Waals surface area (Å²) in [5, 5.41) is 9.21. The number of ether oxygens (including phenoxy) is 1. The highest BCUT2D eigenvalue weighted by Crippen LogP contribution is 2.37. The van der Waals surface area contributed by atoms with Gasteiger partial charge < -0.3 is 15.0 Å². The van der Waals surface area contributed by atoms with Crippen LogP contribution in [-0.4, -0.2) is 44.9 Å². The molecule has 38 heavy (non-hydrogen) atoms. The summed E-state index contributed by atoms with van der Waals surface area (Å²) in [6.07, 6.45) is -1.79. The summed E-state index contributed by atoms with van der Waals surface area (Å²) in [5.41, 5.74) is 1.32. The van der Waals surface area contributed by atoms with Gasteiger partial charge in [0.2, 0.25) is 5.88 Å². The molecule has 2 amide bonds. The number of hydrogen-bond acceptors (Lipinski definition) is 5. The average molecular weight is 554 g/mol. The molecule has 13 heteroatoms. The highest BCUT2D eigenvalue weighted by atomic mass is 35.5. The van der Waals surface area contributed by atoms with Crippen LogP contribution >= 0.6 is 11.6 Å². The first kappa shape index (κ1) is 27.4. The van der Waals surface area contributed by atoms with Gasteiger partial charge in [0.15, 0.2) is 6.61 Å². The van der Waals surface area contributed by atoms with Crippen molar-refractivity contribution in [3.05, 3.63) is 69.0 Å². The normalized spacial score (nSPS) is 17.2. The van der Waals surface area contributed by atoms with E-state index in [-0.39, 0.29) is 39.3 Å². The van der Waals surface area contributed by atoms with E-state index < -0.39 is 30.7 Å². The molecule has 1 aliphatic heterocycles. The summed E-state index contributed by atoms with van der Waals surface area (Å²) in [4.78, 5) is 30.5. The number of aromatic nitrogens is 3. The maximum atomic E-state index is 15.2. The summed E-state index contributed by atoms with van der Waals surface area (Å²) < 4.78 is 57.2. The van der Waals surface area contributed by atoms with Gasteiger partial charge in [-0.05, 0) is 48.6 Å². The van der Waals surface area contributed by atoms with E-state index in [1.54, 1.807) is 4.90 Å². The fraction of sp³-hybridized carbons (Fsp3) is 0.360. The molecule has 1 aliphatic rings. The van der Waals surface area contributed by atoms with Crippen LogP contribution in [0.1, 0.15) is 44.0 Å². The van der Waals surface area contributed by atoms with Crippen LogP contribution in [0, 0.1) is 5.82 Å². The van der Waals surface area contributed by atoms with E-state index in [0.717, 1.165) is 11.6 Å². The van der Waals surface area contributed by atoms with E-state index in [2.05, 4.69) is 25.2 Å². The number of urea groups is 1. The van der Waals surface area contributed by atoms with E-state index >= 15 is 4.39 Å². The van der Waals surface area contributed by atoms with Crippen LogP contribution in [0.5, 0.6) is 5.88 Å². The van der Waals surface area contributed by atoms with Crippen molar-refractivity contribution in [2.75, 3.05) is 11.9 Å². The quantitative estimate of drug-likeness (QED) is 0.371. The molecule has 0 aliphatic carbocycles. The molecule has 0 spiro atoms. The van der Waals surface area contributed by atoms with Gasteiger partial charge in [0, 0.05) is 29.9 Å². The molecule has 2 N–H and O–H groups in total. The Labute approximate surface area is 220 Å². The SMILES string of the molecule is CCC1Cc2cc(=O)[nH]nc2C(CC)N1C(=O)Nc1cc(Cl)c(-c2ccnc(OCC(F)(F)F)c2)cc1F. The number of rotatable bonds is 6. The summed E-state index contributed by atoms with van der Waals surface area (Å²) in [6.45, 7) is 2.27. The summed E-state index contributed by atoms with van der Waals surface area (Å²) in [6, 6.07) is 5.20. The lowest BCUT2D eigenvalue weighted by Crippen LogP contribution is -2.49. The molecule has 2 unspecified atom stereocenters. The molecule has 8 nitrogen and oxygen atoms in total. The second-order valence-electron chi connectivity index (χ2n) is 8.77. The van der Waals surface area contributed by atoms with Gasteiger partial charge in [-0.3, -0.25) is 4.79 Å². The number of alkyl halides is 3. The standard InChI is InChI=1S/C25H24ClF4N5O3/c1-3-15-7-14-8-21(36)33-34-23(14)20(4-2)35(15)24(37)32-19-11-17(26)16(10-18(19)27)13-5-6-31-22(9-13)38-12-25(28,29)30/h5-6,8-11,15,20H,3-4,7,12H2,1-2H3,(H,32,37)(H,33,36). The summed E-state index contributed by atoms with van der Waals surface area (Å²) >= 11 is 6.38. The van der Waals surface area contributed by atoms with Crippen LogP contribution in [0.2, 0.25) is 5.02 Å². The number of carbonyl (C=O) groups is 1. The highest BCUT2D eigenvalue weighted by molar-refractivity contribution is 6.33. The lowest BCUT2D eigenvalue weighted by molar-refractivity contribution is -0.154. The Hall–Kier alpha value is -3.67. The first-order valence-electron chi connectivity index (χ1n) is 11.8. The predicted molar refractivity (Wildman–Crippen MR) is 133 cm³/mol. The molecule has 0 saturated heterocycles. The van der Waals surface area contributed by atoms with Gasteiger partial charge in [0.05, 0.1) is 22.4 Å². The molecule has 3 heterocycles. The molecule has 1 aromatic carbocycles. The fourth-order valence-electron chi connectivity index (χ4n) is 4.54. The fourth-order valence-corrected chi connectivity index (χ4v) is 4.81. The lowest BCUT2D eigenvalue weighted by Gasteiger charge is -2.41. The minimum absolute atomic E-state index is 0.0528. The molecule has 0 bridgehead atoms.